The van der Waals surface area contributed by atoms with Crippen molar-refractivity contribution in [1.29, 1.82) is 0 Å². The van der Waals surface area contributed by atoms with Gasteiger partial charge in [0.1, 0.15) is 26.2 Å². The lowest BCUT2D eigenvalue weighted by Crippen LogP contribution is -2.54. The van der Waals surface area contributed by atoms with Crippen LogP contribution in [-0.2, 0) is 16.0 Å². The lowest BCUT2D eigenvalue weighted by Gasteiger charge is -2.40. The molecule has 0 saturated carbocycles. The number of hydrogen-bond acceptors (Lipinski definition) is 3. The summed E-state index contributed by atoms with van der Waals surface area (Å²) < 4.78 is 12.0. The fraction of sp³-hybridized carbons (Fsp3) is 0.407. The molecule has 160 valence electrons. The van der Waals surface area contributed by atoms with Crippen LogP contribution in [0.25, 0.3) is 0 Å². The molecule has 2 fully saturated rings. The zero-order chi connectivity index (χ0) is 21.2. The normalized spacial score (nSPS) is 18.3. The predicted molar refractivity (Wildman–Crippen MR) is 123 cm³/mol. The maximum atomic E-state index is 5.63. The van der Waals surface area contributed by atoms with Gasteiger partial charge in [0.25, 0.3) is 0 Å². The summed E-state index contributed by atoms with van der Waals surface area (Å²) in [4.78, 5) is 2.33. The highest BCUT2D eigenvalue weighted by Crippen LogP contribution is 2.17. The zero-order valence-electron chi connectivity index (χ0n) is 18.2. The van der Waals surface area contributed by atoms with Crippen molar-refractivity contribution in [1.82, 2.24) is 4.90 Å². The second-order valence-corrected chi connectivity index (χ2v) is 8.27. The zero-order valence-corrected chi connectivity index (χ0v) is 18.2. The van der Waals surface area contributed by atoms with Gasteiger partial charge in [-0.05, 0) is 30.2 Å². The lowest BCUT2D eigenvalue weighted by molar-refractivity contribution is -0.941. The number of benzene rings is 2. The van der Waals surface area contributed by atoms with Gasteiger partial charge in [0.2, 0.25) is 0 Å². The standard InChI is InChI=1S/C27H31N2O2/c1-2-6-27(7-3-1)24-29(18-22-31-23-19-29)17-5-9-26-12-10-25(11-13-26)8-4-14-28-15-20-30-21-16-28/h1-3,6-7,10-13H,14-24H2/q+1. The van der Waals surface area contributed by atoms with Gasteiger partial charge in [-0.15, -0.1) is 0 Å². The van der Waals surface area contributed by atoms with Crippen LogP contribution in [0, 0.1) is 23.7 Å². The molecule has 0 atom stereocenters. The van der Waals surface area contributed by atoms with Gasteiger partial charge in [-0.2, -0.15) is 0 Å². The van der Waals surface area contributed by atoms with Gasteiger partial charge in [0, 0.05) is 29.8 Å². The summed E-state index contributed by atoms with van der Waals surface area (Å²) in [6.07, 6.45) is 0. The summed E-state index contributed by atoms with van der Waals surface area (Å²) in [5.41, 5.74) is 3.45. The Bertz CT molecular complexity index is 936. The average molecular weight is 416 g/mol. The summed E-state index contributed by atoms with van der Waals surface area (Å²) in [5.74, 6) is 13.3. The van der Waals surface area contributed by atoms with Crippen molar-refractivity contribution in [3.63, 3.8) is 0 Å². The maximum Gasteiger partial charge on any atom is 0.141 e. The van der Waals surface area contributed by atoms with Crippen LogP contribution in [0.15, 0.2) is 54.6 Å². The highest BCUT2D eigenvalue weighted by atomic mass is 16.5. The number of rotatable bonds is 4. The molecule has 4 heteroatoms. The Morgan fingerprint density at radius 3 is 2.03 bits per heavy atom. The third kappa shape index (κ3) is 6.69. The van der Waals surface area contributed by atoms with E-state index in [4.69, 9.17) is 9.47 Å². The first-order chi connectivity index (χ1) is 15.3. The van der Waals surface area contributed by atoms with Gasteiger partial charge in [0.05, 0.1) is 33.0 Å². The third-order valence-electron chi connectivity index (χ3n) is 5.95. The third-order valence-corrected chi connectivity index (χ3v) is 5.95. The van der Waals surface area contributed by atoms with Crippen molar-refractivity contribution < 1.29 is 14.0 Å². The van der Waals surface area contributed by atoms with E-state index in [2.05, 4.69) is 83.2 Å². The largest absolute Gasteiger partial charge is 0.379 e. The van der Waals surface area contributed by atoms with Crippen LogP contribution in [0.1, 0.15) is 16.7 Å². The van der Waals surface area contributed by atoms with Gasteiger partial charge in [-0.25, -0.2) is 0 Å². The van der Waals surface area contributed by atoms with Crippen molar-refractivity contribution in [2.45, 2.75) is 6.54 Å². The Kier molecular flexibility index (Phi) is 7.77. The number of hydrogen-bond donors (Lipinski definition) is 0. The summed E-state index contributed by atoms with van der Waals surface area (Å²) >= 11 is 0. The Labute approximate surface area is 186 Å². The van der Waals surface area contributed by atoms with Crippen LogP contribution >= 0.6 is 0 Å². The highest BCUT2D eigenvalue weighted by molar-refractivity contribution is 5.42. The first kappa shape index (κ1) is 21.6. The fourth-order valence-corrected chi connectivity index (χ4v) is 4.03. The van der Waals surface area contributed by atoms with Crippen LogP contribution in [0.4, 0.5) is 0 Å². The topological polar surface area (TPSA) is 21.7 Å². The van der Waals surface area contributed by atoms with E-state index in [0.29, 0.717) is 0 Å². The Hall–Kier alpha value is -2.60. The first-order valence-corrected chi connectivity index (χ1v) is 11.2. The molecule has 0 unspecified atom stereocenters. The average Bonchev–Trinajstić information content (AvgIpc) is 2.82. The minimum atomic E-state index is 0.802. The molecule has 2 aliphatic rings. The van der Waals surface area contributed by atoms with Gasteiger partial charge >= 0.3 is 0 Å². The number of ether oxygens (including phenoxy) is 2. The van der Waals surface area contributed by atoms with Gasteiger partial charge in [-0.1, -0.05) is 48.1 Å². The first-order valence-electron chi connectivity index (χ1n) is 11.2. The molecule has 2 aromatic rings. The molecule has 0 amide bonds. The number of morpholine rings is 2. The van der Waals surface area contributed by atoms with E-state index in [9.17, 15) is 0 Å². The molecule has 2 saturated heterocycles. The molecule has 0 aromatic heterocycles. The molecule has 0 spiro atoms. The van der Waals surface area contributed by atoms with Gasteiger partial charge in [0.15, 0.2) is 0 Å². The molecule has 2 aliphatic heterocycles. The van der Waals surface area contributed by atoms with Crippen LogP contribution in [-0.4, -0.2) is 75.1 Å². The van der Waals surface area contributed by atoms with Crippen molar-refractivity contribution in [3.05, 3.63) is 71.3 Å². The van der Waals surface area contributed by atoms with Crippen LogP contribution in [0.5, 0.6) is 0 Å². The van der Waals surface area contributed by atoms with E-state index in [1.54, 1.807) is 0 Å². The van der Waals surface area contributed by atoms with Crippen LogP contribution < -0.4 is 0 Å². The molecule has 0 radical (unpaired) electrons. The van der Waals surface area contributed by atoms with E-state index < -0.39 is 0 Å². The minimum absolute atomic E-state index is 0.802. The predicted octanol–water partition coefficient (Wildman–Crippen LogP) is 2.77. The fourth-order valence-electron chi connectivity index (χ4n) is 4.03. The van der Waals surface area contributed by atoms with Crippen LogP contribution in [0.2, 0.25) is 0 Å². The Morgan fingerprint density at radius 2 is 1.35 bits per heavy atom. The molecule has 2 heterocycles. The summed E-state index contributed by atoms with van der Waals surface area (Å²) in [6.45, 7) is 9.88. The van der Waals surface area contributed by atoms with Crippen molar-refractivity contribution >= 4 is 0 Å². The monoisotopic (exact) mass is 415 g/mol. The Morgan fingerprint density at radius 1 is 0.742 bits per heavy atom. The summed E-state index contributed by atoms with van der Waals surface area (Å²) in [5, 5.41) is 0. The number of nitrogens with zero attached hydrogens (tertiary/aromatic N) is 2. The minimum Gasteiger partial charge on any atom is -0.379 e. The Balaban J connectivity index is 1.35. The van der Waals surface area contributed by atoms with Crippen molar-refractivity contribution in [2.75, 3.05) is 65.7 Å². The van der Waals surface area contributed by atoms with Crippen molar-refractivity contribution in [2.24, 2.45) is 0 Å². The van der Waals surface area contributed by atoms with Crippen molar-refractivity contribution in [3.8, 4) is 23.7 Å². The second kappa shape index (κ2) is 11.1. The highest BCUT2D eigenvalue weighted by Gasteiger charge is 2.29. The maximum absolute atomic E-state index is 5.63. The summed E-state index contributed by atoms with van der Waals surface area (Å²) in [7, 11) is 0. The molecule has 4 rings (SSSR count). The molecule has 0 N–H and O–H groups in total. The van der Waals surface area contributed by atoms with E-state index in [1.165, 1.54) is 5.56 Å². The van der Waals surface area contributed by atoms with E-state index in [-0.39, 0.29) is 0 Å². The quantitative estimate of drug-likeness (QED) is 0.566. The number of quaternary nitrogens is 1. The molecular formula is C27H31N2O2+. The SMILES string of the molecule is C(#Cc1ccc(C#CC[N+]2(Cc3ccccc3)CCOCC2)cc1)CN1CCOCC1. The van der Waals surface area contributed by atoms with Gasteiger partial charge in [-0.3, -0.25) is 4.90 Å². The van der Waals surface area contributed by atoms with Gasteiger partial charge < -0.3 is 14.0 Å². The van der Waals surface area contributed by atoms with E-state index in [0.717, 1.165) is 87.9 Å². The molecule has 2 aromatic carbocycles. The molecule has 4 nitrogen and oxygen atoms in total. The smallest absolute Gasteiger partial charge is 0.141 e. The lowest BCUT2D eigenvalue weighted by atomic mass is 10.1. The summed E-state index contributed by atoms with van der Waals surface area (Å²) in [6, 6.07) is 19.0. The molecule has 0 bridgehead atoms. The van der Waals surface area contributed by atoms with E-state index >= 15 is 0 Å². The molecule has 0 aliphatic carbocycles. The second-order valence-electron chi connectivity index (χ2n) is 8.27. The molecule has 31 heavy (non-hydrogen) atoms. The van der Waals surface area contributed by atoms with E-state index in [1.807, 2.05) is 0 Å². The van der Waals surface area contributed by atoms with Crippen LogP contribution in [0.3, 0.4) is 0 Å². The molecular weight excluding hydrogens is 384 g/mol.